The molecule has 0 atom stereocenters. The lowest BCUT2D eigenvalue weighted by molar-refractivity contribution is 0.424. The van der Waals surface area contributed by atoms with E-state index in [1.807, 2.05) is 36.4 Å². The van der Waals surface area contributed by atoms with Gasteiger partial charge in [0.15, 0.2) is 11.7 Å². The second-order valence-electron chi connectivity index (χ2n) is 5.53. The fourth-order valence-corrected chi connectivity index (χ4v) is 2.53. The standard InChI is InChI=1S/C18H22N4O.HI/c1-2-19-18(21-15-10-6-7-11-15)20-13-16-12-17(23-22-16)14-8-4-3-5-9-14;/h3-9,12,15H,2,10-11,13H2,1H3,(H2,19,20,21);1H. The topological polar surface area (TPSA) is 62.5 Å². The summed E-state index contributed by atoms with van der Waals surface area (Å²) in [7, 11) is 0. The molecule has 0 aliphatic heterocycles. The Bertz CT molecular complexity index is 673. The van der Waals surface area contributed by atoms with Gasteiger partial charge in [-0.15, -0.1) is 24.0 Å². The van der Waals surface area contributed by atoms with E-state index in [0.717, 1.165) is 42.4 Å². The highest BCUT2D eigenvalue weighted by atomic mass is 127. The molecule has 1 aliphatic carbocycles. The largest absolute Gasteiger partial charge is 0.357 e. The number of aliphatic imine (C=N–C) groups is 1. The van der Waals surface area contributed by atoms with Crippen LogP contribution >= 0.6 is 24.0 Å². The van der Waals surface area contributed by atoms with Crippen LogP contribution in [0.1, 0.15) is 25.5 Å². The summed E-state index contributed by atoms with van der Waals surface area (Å²) in [5.74, 6) is 1.60. The minimum absolute atomic E-state index is 0. The van der Waals surface area contributed by atoms with E-state index < -0.39 is 0 Å². The lowest BCUT2D eigenvalue weighted by atomic mass is 10.2. The number of hydrogen-bond acceptors (Lipinski definition) is 3. The van der Waals surface area contributed by atoms with Crippen LogP contribution in [0.4, 0.5) is 0 Å². The second kappa shape index (κ2) is 9.46. The Hall–Kier alpha value is -1.83. The normalized spacial score (nSPS) is 14.5. The molecular weight excluding hydrogens is 415 g/mol. The molecule has 2 N–H and O–H groups in total. The van der Waals surface area contributed by atoms with Crippen molar-refractivity contribution in [1.29, 1.82) is 0 Å². The lowest BCUT2D eigenvalue weighted by Crippen LogP contribution is -2.42. The molecule has 0 unspecified atom stereocenters. The number of hydrogen-bond donors (Lipinski definition) is 2. The summed E-state index contributed by atoms with van der Waals surface area (Å²) in [5.41, 5.74) is 1.85. The van der Waals surface area contributed by atoms with Crippen LogP contribution in [0.5, 0.6) is 0 Å². The summed E-state index contributed by atoms with van der Waals surface area (Å²) in [4.78, 5) is 4.60. The fourth-order valence-electron chi connectivity index (χ4n) is 2.53. The molecule has 0 saturated heterocycles. The Balaban J connectivity index is 0.00000208. The molecule has 0 fully saturated rings. The van der Waals surface area contributed by atoms with Crippen LogP contribution in [0, 0.1) is 0 Å². The van der Waals surface area contributed by atoms with Gasteiger partial charge >= 0.3 is 0 Å². The highest BCUT2D eigenvalue weighted by Gasteiger charge is 2.12. The van der Waals surface area contributed by atoms with E-state index in [-0.39, 0.29) is 24.0 Å². The van der Waals surface area contributed by atoms with E-state index in [9.17, 15) is 0 Å². The molecule has 2 aromatic rings. The summed E-state index contributed by atoms with van der Waals surface area (Å²) < 4.78 is 5.41. The molecule has 3 rings (SSSR count). The number of benzene rings is 1. The van der Waals surface area contributed by atoms with E-state index in [1.54, 1.807) is 0 Å². The molecular formula is C18H23IN4O. The lowest BCUT2D eigenvalue weighted by Gasteiger charge is -2.16. The van der Waals surface area contributed by atoms with Crippen molar-refractivity contribution in [3.63, 3.8) is 0 Å². The molecule has 6 heteroatoms. The van der Waals surface area contributed by atoms with Gasteiger partial charge in [-0.3, -0.25) is 0 Å². The molecule has 0 bridgehead atoms. The van der Waals surface area contributed by atoms with Crippen LogP contribution in [0.25, 0.3) is 11.3 Å². The van der Waals surface area contributed by atoms with Gasteiger partial charge in [-0.1, -0.05) is 47.6 Å². The molecule has 128 valence electrons. The first-order valence-corrected chi connectivity index (χ1v) is 8.06. The summed E-state index contributed by atoms with van der Waals surface area (Å²) in [6.45, 7) is 3.39. The van der Waals surface area contributed by atoms with E-state index in [2.05, 4.69) is 39.9 Å². The van der Waals surface area contributed by atoms with Gasteiger partial charge in [0.05, 0.1) is 6.54 Å². The van der Waals surface area contributed by atoms with Crippen LogP contribution in [0.2, 0.25) is 0 Å². The molecule has 1 aromatic heterocycles. The predicted octanol–water partition coefficient (Wildman–Crippen LogP) is 3.73. The number of guanidine groups is 1. The molecule has 0 saturated carbocycles. The highest BCUT2D eigenvalue weighted by Crippen LogP contribution is 2.20. The van der Waals surface area contributed by atoms with Crippen molar-refractivity contribution in [2.75, 3.05) is 6.54 Å². The predicted molar refractivity (Wildman–Crippen MR) is 107 cm³/mol. The number of nitrogens with one attached hydrogen (secondary N) is 2. The molecule has 5 nitrogen and oxygen atoms in total. The molecule has 1 aromatic carbocycles. The average Bonchev–Trinajstić information content (AvgIpc) is 3.25. The van der Waals surface area contributed by atoms with Crippen molar-refractivity contribution in [2.45, 2.75) is 32.4 Å². The molecule has 1 heterocycles. The Morgan fingerprint density at radius 1 is 1.25 bits per heavy atom. The molecule has 0 radical (unpaired) electrons. The quantitative estimate of drug-likeness (QED) is 0.323. The van der Waals surface area contributed by atoms with Crippen LogP contribution < -0.4 is 10.6 Å². The van der Waals surface area contributed by atoms with E-state index in [4.69, 9.17) is 4.52 Å². The fraction of sp³-hybridized carbons (Fsp3) is 0.333. The molecule has 24 heavy (non-hydrogen) atoms. The minimum atomic E-state index is 0. The number of nitrogens with zero attached hydrogens (tertiary/aromatic N) is 2. The Kier molecular flexibility index (Phi) is 7.30. The van der Waals surface area contributed by atoms with Gasteiger partial charge in [-0.25, -0.2) is 4.99 Å². The van der Waals surface area contributed by atoms with Crippen molar-refractivity contribution in [1.82, 2.24) is 15.8 Å². The maximum atomic E-state index is 5.41. The van der Waals surface area contributed by atoms with E-state index >= 15 is 0 Å². The smallest absolute Gasteiger partial charge is 0.191 e. The third kappa shape index (κ3) is 5.09. The third-order valence-corrected chi connectivity index (χ3v) is 3.71. The van der Waals surface area contributed by atoms with Gasteiger partial charge in [-0.2, -0.15) is 0 Å². The summed E-state index contributed by atoms with van der Waals surface area (Å²) in [5, 5.41) is 10.8. The van der Waals surface area contributed by atoms with E-state index in [1.165, 1.54) is 0 Å². The van der Waals surface area contributed by atoms with E-state index in [0.29, 0.717) is 12.6 Å². The second-order valence-corrected chi connectivity index (χ2v) is 5.53. The minimum Gasteiger partial charge on any atom is -0.357 e. The van der Waals surface area contributed by atoms with Crippen LogP contribution in [-0.2, 0) is 6.54 Å². The average molecular weight is 438 g/mol. The maximum absolute atomic E-state index is 5.41. The third-order valence-electron chi connectivity index (χ3n) is 3.71. The first-order valence-electron chi connectivity index (χ1n) is 8.06. The Labute approximate surface area is 159 Å². The van der Waals surface area contributed by atoms with Crippen LogP contribution in [-0.4, -0.2) is 23.7 Å². The highest BCUT2D eigenvalue weighted by molar-refractivity contribution is 14.0. The summed E-state index contributed by atoms with van der Waals surface area (Å²) >= 11 is 0. The van der Waals surface area contributed by atoms with Gasteiger partial charge in [0, 0.05) is 24.2 Å². The molecule has 0 spiro atoms. The number of aromatic nitrogens is 1. The maximum Gasteiger partial charge on any atom is 0.191 e. The SMILES string of the molecule is CCNC(=NCc1cc(-c2ccccc2)on1)NC1CC=CC1.I. The first-order chi connectivity index (χ1) is 11.3. The number of halogens is 1. The van der Waals surface area contributed by atoms with Gasteiger partial charge in [0.2, 0.25) is 0 Å². The summed E-state index contributed by atoms with van der Waals surface area (Å²) in [6.07, 6.45) is 6.50. The van der Waals surface area contributed by atoms with Gasteiger partial charge < -0.3 is 15.2 Å². The Morgan fingerprint density at radius 3 is 2.71 bits per heavy atom. The molecule has 1 aliphatic rings. The molecule has 0 amide bonds. The van der Waals surface area contributed by atoms with Gasteiger partial charge in [-0.05, 0) is 19.8 Å². The van der Waals surface area contributed by atoms with Crippen LogP contribution in [0.15, 0.2) is 58.1 Å². The summed E-state index contributed by atoms with van der Waals surface area (Å²) in [6, 6.07) is 12.3. The van der Waals surface area contributed by atoms with Crippen molar-refractivity contribution in [2.24, 2.45) is 4.99 Å². The number of rotatable bonds is 5. The van der Waals surface area contributed by atoms with Crippen molar-refractivity contribution < 1.29 is 4.52 Å². The zero-order valence-electron chi connectivity index (χ0n) is 13.7. The monoisotopic (exact) mass is 438 g/mol. The zero-order chi connectivity index (χ0) is 15.9. The van der Waals surface area contributed by atoms with Gasteiger partial charge in [0.25, 0.3) is 0 Å². The first kappa shape index (κ1) is 18.5. The van der Waals surface area contributed by atoms with Crippen molar-refractivity contribution in [3.8, 4) is 11.3 Å². The zero-order valence-corrected chi connectivity index (χ0v) is 16.1. The van der Waals surface area contributed by atoms with Crippen LogP contribution in [0.3, 0.4) is 0 Å². The van der Waals surface area contributed by atoms with Crippen molar-refractivity contribution in [3.05, 3.63) is 54.2 Å². The van der Waals surface area contributed by atoms with Crippen molar-refractivity contribution >= 4 is 29.9 Å². The van der Waals surface area contributed by atoms with Gasteiger partial charge in [0.1, 0.15) is 5.69 Å². The Morgan fingerprint density at radius 2 is 2.00 bits per heavy atom.